The number of carbonyl (C=O) groups excluding carboxylic acids is 2. The number of urea groups is 1. The van der Waals surface area contributed by atoms with E-state index in [2.05, 4.69) is 10.6 Å². The van der Waals surface area contributed by atoms with E-state index in [1.165, 1.54) is 0 Å². The summed E-state index contributed by atoms with van der Waals surface area (Å²) in [5, 5.41) is 6.28. The van der Waals surface area contributed by atoms with Gasteiger partial charge in [-0.25, -0.2) is 4.79 Å². The first-order valence-corrected chi connectivity index (χ1v) is 8.69. The number of nitrogens with zero attached hydrogens (tertiary/aromatic N) is 1. The van der Waals surface area contributed by atoms with Crippen LogP contribution in [0.25, 0.3) is 0 Å². The van der Waals surface area contributed by atoms with Crippen molar-refractivity contribution in [2.24, 2.45) is 0 Å². The maximum atomic E-state index is 12.3. The van der Waals surface area contributed by atoms with E-state index in [4.69, 9.17) is 27.9 Å². The van der Waals surface area contributed by atoms with Crippen molar-refractivity contribution in [3.05, 3.63) is 52.5 Å². The van der Waals surface area contributed by atoms with Crippen LogP contribution >= 0.6 is 23.2 Å². The van der Waals surface area contributed by atoms with E-state index in [1.807, 2.05) is 12.1 Å². The molecule has 3 amide bonds. The third kappa shape index (κ3) is 4.20. The Kier molecular flexibility index (Phi) is 5.54. The Morgan fingerprint density at radius 1 is 1.19 bits per heavy atom. The van der Waals surface area contributed by atoms with Crippen LogP contribution in [-0.4, -0.2) is 31.6 Å². The number of hydrogen-bond acceptors (Lipinski definition) is 3. The molecule has 0 saturated carbocycles. The van der Waals surface area contributed by atoms with Crippen molar-refractivity contribution in [3.63, 3.8) is 0 Å². The van der Waals surface area contributed by atoms with Crippen LogP contribution in [0.4, 0.5) is 16.2 Å². The minimum absolute atomic E-state index is 0.0509. The smallest absolute Gasteiger partial charge is 0.319 e. The highest BCUT2D eigenvalue weighted by Gasteiger charge is 2.31. The van der Waals surface area contributed by atoms with Gasteiger partial charge >= 0.3 is 6.03 Å². The fraction of sp³-hybridized carbons (Fsp3) is 0.222. The Labute approximate surface area is 161 Å². The average Bonchev–Trinajstić information content (AvgIpc) is 2.97. The standard InChI is InChI=1S/C18H17Cl2N3O3/c1-26-14-5-3-13(4-6-14)23-10-12(9-17(23)24)21-18(25)22-16-7-2-11(19)8-15(16)20/h2-8,12H,9-10H2,1H3,(H2,21,22,25). The van der Waals surface area contributed by atoms with Gasteiger partial charge in [0.15, 0.2) is 0 Å². The normalized spacial score (nSPS) is 16.5. The number of anilines is 2. The van der Waals surface area contributed by atoms with Crippen LogP contribution in [0, 0.1) is 0 Å². The number of hydrogen-bond donors (Lipinski definition) is 2. The summed E-state index contributed by atoms with van der Waals surface area (Å²) in [5.74, 6) is 0.666. The van der Waals surface area contributed by atoms with Gasteiger partial charge in [0, 0.05) is 23.7 Å². The highest BCUT2D eigenvalue weighted by Crippen LogP contribution is 2.26. The Hall–Kier alpha value is -2.44. The van der Waals surface area contributed by atoms with E-state index in [-0.39, 0.29) is 18.4 Å². The van der Waals surface area contributed by atoms with Crippen molar-refractivity contribution < 1.29 is 14.3 Å². The number of ether oxygens (including phenoxy) is 1. The van der Waals surface area contributed by atoms with Crippen molar-refractivity contribution in [3.8, 4) is 5.75 Å². The summed E-state index contributed by atoms with van der Waals surface area (Å²) in [6.45, 7) is 0.396. The third-order valence-corrected chi connectivity index (χ3v) is 4.57. The van der Waals surface area contributed by atoms with Crippen molar-refractivity contribution in [2.45, 2.75) is 12.5 Å². The molecular weight excluding hydrogens is 377 g/mol. The van der Waals surface area contributed by atoms with Crippen molar-refractivity contribution in [1.82, 2.24) is 5.32 Å². The highest BCUT2D eigenvalue weighted by atomic mass is 35.5. The Morgan fingerprint density at radius 2 is 1.92 bits per heavy atom. The second-order valence-electron chi connectivity index (χ2n) is 5.83. The average molecular weight is 394 g/mol. The van der Waals surface area contributed by atoms with Crippen LogP contribution in [0.2, 0.25) is 10.0 Å². The zero-order chi connectivity index (χ0) is 18.7. The van der Waals surface area contributed by atoms with Gasteiger partial charge in [-0.15, -0.1) is 0 Å². The maximum Gasteiger partial charge on any atom is 0.319 e. The first-order chi connectivity index (χ1) is 12.5. The first kappa shape index (κ1) is 18.4. The van der Waals surface area contributed by atoms with E-state index >= 15 is 0 Å². The molecule has 1 unspecified atom stereocenters. The summed E-state index contributed by atoms with van der Waals surface area (Å²) < 4.78 is 5.12. The van der Waals surface area contributed by atoms with Gasteiger partial charge in [0.25, 0.3) is 0 Å². The summed E-state index contributed by atoms with van der Waals surface area (Å²) in [6, 6.07) is 11.3. The van der Waals surface area contributed by atoms with Gasteiger partial charge in [0.2, 0.25) is 5.91 Å². The molecule has 0 bridgehead atoms. The lowest BCUT2D eigenvalue weighted by molar-refractivity contribution is -0.117. The molecule has 1 atom stereocenters. The maximum absolute atomic E-state index is 12.3. The van der Waals surface area contributed by atoms with Gasteiger partial charge in [-0.05, 0) is 42.5 Å². The predicted molar refractivity (Wildman–Crippen MR) is 102 cm³/mol. The fourth-order valence-electron chi connectivity index (χ4n) is 2.75. The Morgan fingerprint density at radius 3 is 2.58 bits per heavy atom. The summed E-state index contributed by atoms with van der Waals surface area (Å²) >= 11 is 11.9. The van der Waals surface area contributed by atoms with Crippen molar-refractivity contribution in [1.29, 1.82) is 0 Å². The molecule has 26 heavy (non-hydrogen) atoms. The zero-order valence-electron chi connectivity index (χ0n) is 14.0. The molecule has 0 radical (unpaired) electrons. The molecule has 1 fully saturated rings. The van der Waals surface area contributed by atoms with E-state index < -0.39 is 6.03 Å². The molecule has 3 rings (SSSR count). The largest absolute Gasteiger partial charge is 0.497 e. The minimum Gasteiger partial charge on any atom is -0.497 e. The predicted octanol–water partition coefficient (Wildman–Crippen LogP) is 3.93. The molecule has 0 aromatic heterocycles. The molecule has 2 aromatic rings. The van der Waals surface area contributed by atoms with Crippen LogP contribution in [0.1, 0.15) is 6.42 Å². The quantitative estimate of drug-likeness (QED) is 0.826. The third-order valence-electron chi connectivity index (χ3n) is 4.02. The van der Waals surface area contributed by atoms with Crippen molar-refractivity contribution >= 4 is 46.5 Å². The molecule has 0 spiro atoms. The molecule has 1 saturated heterocycles. The van der Waals surface area contributed by atoms with E-state index in [9.17, 15) is 9.59 Å². The number of amides is 3. The van der Waals surface area contributed by atoms with Crippen LogP contribution in [-0.2, 0) is 4.79 Å². The number of benzene rings is 2. The fourth-order valence-corrected chi connectivity index (χ4v) is 3.21. The molecule has 1 heterocycles. The number of halogens is 2. The molecule has 1 aliphatic rings. The van der Waals surface area contributed by atoms with Gasteiger partial charge < -0.3 is 20.3 Å². The molecule has 2 aromatic carbocycles. The van der Waals surface area contributed by atoms with E-state index in [1.54, 1.807) is 42.3 Å². The molecule has 6 nitrogen and oxygen atoms in total. The summed E-state index contributed by atoms with van der Waals surface area (Å²) in [7, 11) is 1.58. The van der Waals surface area contributed by atoms with E-state index in [0.29, 0.717) is 28.0 Å². The van der Waals surface area contributed by atoms with Crippen molar-refractivity contribution in [2.75, 3.05) is 23.9 Å². The lowest BCUT2D eigenvalue weighted by Crippen LogP contribution is -2.39. The number of carbonyl (C=O) groups is 2. The highest BCUT2D eigenvalue weighted by molar-refractivity contribution is 6.36. The van der Waals surface area contributed by atoms with Crippen LogP contribution in [0.5, 0.6) is 5.75 Å². The van der Waals surface area contributed by atoms with Gasteiger partial charge in [-0.3, -0.25) is 4.79 Å². The van der Waals surface area contributed by atoms with Gasteiger partial charge in [-0.2, -0.15) is 0 Å². The number of methoxy groups -OCH3 is 1. The number of nitrogens with one attached hydrogen (secondary N) is 2. The Bertz CT molecular complexity index is 827. The van der Waals surface area contributed by atoms with E-state index in [0.717, 1.165) is 5.69 Å². The summed E-state index contributed by atoms with van der Waals surface area (Å²) in [5.41, 5.74) is 1.21. The van der Waals surface area contributed by atoms with Gasteiger partial charge in [0.05, 0.1) is 23.9 Å². The monoisotopic (exact) mass is 393 g/mol. The van der Waals surface area contributed by atoms with Gasteiger partial charge in [-0.1, -0.05) is 23.2 Å². The molecule has 8 heteroatoms. The lowest BCUT2D eigenvalue weighted by atomic mass is 10.2. The van der Waals surface area contributed by atoms with Crippen LogP contribution < -0.4 is 20.3 Å². The second-order valence-corrected chi connectivity index (χ2v) is 6.67. The molecule has 136 valence electrons. The molecular formula is C18H17Cl2N3O3. The van der Waals surface area contributed by atoms with Crippen LogP contribution in [0.3, 0.4) is 0 Å². The van der Waals surface area contributed by atoms with Gasteiger partial charge in [0.1, 0.15) is 5.75 Å². The SMILES string of the molecule is COc1ccc(N2CC(NC(=O)Nc3ccc(Cl)cc3Cl)CC2=O)cc1. The minimum atomic E-state index is -0.427. The summed E-state index contributed by atoms with van der Waals surface area (Å²) in [4.78, 5) is 26.1. The topological polar surface area (TPSA) is 70.7 Å². The molecule has 0 aliphatic carbocycles. The molecule has 2 N–H and O–H groups in total. The zero-order valence-corrected chi connectivity index (χ0v) is 15.5. The first-order valence-electron chi connectivity index (χ1n) is 7.93. The second kappa shape index (κ2) is 7.85. The molecule has 1 aliphatic heterocycles. The Balaban J connectivity index is 1.60. The lowest BCUT2D eigenvalue weighted by Gasteiger charge is -2.18. The summed E-state index contributed by atoms with van der Waals surface area (Å²) in [6.07, 6.45) is 0.230. The number of rotatable bonds is 4. The van der Waals surface area contributed by atoms with Crippen LogP contribution in [0.15, 0.2) is 42.5 Å².